The molecular weight excluding hydrogens is 393 g/mol. The second-order valence-electron chi connectivity index (χ2n) is 7.79. The van der Waals surface area contributed by atoms with Crippen molar-refractivity contribution in [3.8, 4) is 0 Å². The van der Waals surface area contributed by atoms with E-state index in [1.165, 1.54) is 12.1 Å². The number of nitrogens with zero attached hydrogens (tertiary/aromatic N) is 1. The van der Waals surface area contributed by atoms with Crippen LogP contribution in [0.15, 0.2) is 41.6 Å². The summed E-state index contributed by atoms with van der Waals surface area (Å²) in [5.41, 5.74) is 0.837. The summed E-state index contributed by atoms with van der Waals surface area (Å²) < 4.78 is 42.5. The molecule has 1 aliphatic rings. The number of carbonyl (C=O) groups is 1. The third-order valence-electron chi connectivity index (χ3n) is 5.21. The maximum atomic E-state index is 14.2. The number of hydrogen-bond donors (Lipinski definition) is 1. The summed E-state index contributed by atoms with van der Waals surface area (Å²) in [6, 6.07) is 9.70. The van der Waals surface area contributed by atoms with Gasteiger partial charge in [0.1, 0.15) is 0 Å². The van der Waals surface area contributed by atoms with Gasteiger partial charge in [0.2, 0.25) is 0 Å². The van der Waals surface area contributed by atoms with Crippen LogP contribution in [0.25, 0.3) is 0 Å². The SMILES string of the molecule is CCCNC(=O)c1ccc(C2=NOC(c3cc(C)cc(C)c3)(C(F)(F)F)C2)cc1C. The number of carbonyl (C=O) groups excluding carboxylic acids is 1. The molecule has 0 saturated heterocycles. The molecule has 160 valence electrons. The van der Waals surface area contributed by atoms with Crippen molar-refractivity contribution in [3.63, 3.8) is 0 Å². The molecule has 0 spiro atoms. The van der Waals surface area contributed by atoms with Crippen LogP contribution in [-0.2, 0) is 10.4 Å². The zero-order chi connectivity index (χ0) is 22.1. The van der Waals surface area contributed by atoms with E-state index >= 15 is 0 Å². The molecule has 0 aliphatic carbocycles. The lowest BCUT2D eigenvalue weighted by Gasteiger charge is -2.30. The molecule has 1 aliphatic heterocycles. The third kappa shape index (κ3) is 4.06. The molecule has 0 bridgehead atoms. The van der Waals surface area contributed by atoms with E-state index in [1.807, 2.05) is 13.0 Å². The highest BCUT2D eigenvalue weighted by molar-refractivity contribution is 6.03. The number of aryl methyl sites for hydroxylation is 3. The van der Waals surface area contributed by atoms with E-state index in [2.05, 4.69) is 10.5 Å². The Hall–Kier alpha value is -2.83. The lowest BCUT2D eigenvalue weighted by molar-refractivity contribution is -0.275. The average Bonchev–Trinajstić information content (AvgIpc) is 3.12. The molecule has 1 heterocycles. The van der Waals surface area contributed by atoms with Crippen LogP contribution in [0, 0.1) is 20.8 Å². The van der Waals surface area contributed by atoms with Gasteiger partial charge in [-0.3, -0.25) is 4.79 Å². The van der Waals surface area contributed by atoms with Gasteiger partial charge < -0.3 is 10.2 Å². The van der Waals surface area contributed by atoms with Crippen molar-refractivity contribution < 1.29 is 22.8 Å². The summed E-state index contributed by atoms with van der Waals surface area (Å²) in [7, 11) is 0. The molecule has 2 aromatic rings. The smallest absolute Gasteiger partial charge is 0.374 e. The van der Waals surface area contributed by atoms with E-state index < -0.39 is 18.2 Å². The number of rotatable bonds is 5. The Balaban J connectivity index is 1.93. The first-order valence-electron chi connectivity index (χ1n) is 9.87. The highest BCUT2D eigenvalue weighted by Crippen LogP contribution is 2.49. The zero-order valence-corrected chi connectivity index (χ0v) is 17.5. The summed E-state index contributed by atoms with van der Waals surface area (Å²) in [6.07, 6.45) is -4.26. The maximum absolute atomic E-state index is 14.2. The highest BCUT2D eigenvalue weighted by Gasteiger charge is 2.62. The van der Waals surface area contributed by atoms with Crippen LogP contribution < -0.4 is 5.32 Å². The molecule has 0 saturated carbocycles. The number of hydrogen-bond acceptors (Lipinski definition) is 3. The predicted octanol–water partition coefficient (Wildman–Crippen LogP) is 5.33. The summed E-state index contributed by atoms with van der Waals surface area (Å²) in [6.45, 7) is 7.77. The summed E-state index contributed by atoms with van der Waals surface area (Å²) in [4.78, 5) is 17.3. The minimum Gasteiger partial charge on any atom is -0.374 e. The molecule has 0 fully saturated rings. The van der Waals surface area contributed by atoms with Crippen molar-refractivity contribution in [2.45, 2.75) is 52.3 Å². The lowest BCUT2D eigenvalue weighted by Crippen LogP contribution is -2.42. The lowest BCUT2D eigenvalue weighted by atomic mass is 9.85. The van der Waals surface area contributed by atoms with Gasteiger partial charge in [-0.15, -0.1) is 0 Å². The van der Waals surface area contributed by atoms with Crippen molar-refractivity contribution in [3.05, 3.63) is 69.8 Å². The number of benzene rings is 2. The van der Waals surface area contributed by atoms with E-state index in [0.717, 1.165) is 17.5 Å². The van der Waals surface area contributed by atoms with Gasteiger partial charge in [0.25, 0.3) is 11.5 Å². The van der Waals surface area contributed by atoms with Gasteiger partial charge in [-0.25, -0.2) is 0 Å². The summed E-state index contributed by atoms with van der Waals surface area (Å²) >= 11 is 0. The van der Waals surface area contributed by atoms with Gasteiger partial charge in [0, 0.05) is 24.1 Å². The molecule has 1 unspecified atom stereocenters. The Kier molecular flexibility index (Phi) is 5.92. The van der Waals surface area contributed by atoms with E-state index in [0.29, 0.717) is 23.2 Å². The van der Waals surface area contributed by atoms with Gasteiger partial charge in [-0.2, -0.15) is 13.2 Å². The number of nitrogens with one attached hydrogen (secondary N) is 1. The Morgan fingerprint density at radius 1 is 1.13 bits per heavy atom. The van der Waals surface area contributed by atoms with E-state index in [1.54, 1.807) is 39.0 Å². The first kappa shape index (κ1) is 21.9. The fraction of sp³-hybridized carbons (Fsp3) is 0.391. The van der Waals surface area contributed by atoms with Crippen molar-refractivity contribution in [1.82, 2.24) is 5.32 Å². The normalized spacial score (nSPS) is 18.7. The number of amides is 1. The number of oxime groups is 1. The first-order valence-corrected chi connectivity index (χ1v) is 9.87. The zero-order valence-electron chi connectivity index (χ0n) is 17.5. The van der Waals surface area contributed by atoms with Gasteiger partial charge in [-0.1, -0.05) is 47.5 Å². The highest BCUT2D eigenvalue weighted by atomic mass is 19.4. The van der Waals surface area contributed by atoms with Crippen LogP contribution in [0.2, 0.25) is 0 Å². The van der Waals surface area contributed by atoms with E-state index in [-0.39, 0.29) is 17.2 Å². The molecule has 0 radical (unpaired) electrons. The number of alkyl halides is 3. The predicted molar refractivity (Wildman–Crippen MR) is 110 cm³/mol. The monoisotopic (exact) mass is 418 g/mol. The fourth-order valence-electron chi connectivity index (χ4n) is 3.70. The van der Waals surface area contributed by atoms with Gasteiger partial charge in [0.15, 0.2) is 0 Å². The summed E-state index contributed by atoms with van der Waals surface area (Å²) in [5.74, 6) is -0.203. The van der Waals surface area contributed by atoms with Gasteiger partial charge >= 0.3 is 6.18 Å². The topological polar surface area (TPSA) is 50.7 Å². The van der Waals surface area contributed by atoms with Crippen molar-refractivity contribution >= 4 is 11.6 Å². The Labute approximate surface area is 174 Å². The van der Waals surface area contributed by atoms with Gasteiger partial charge in [0.05, 0.1) is 5.71 Å². The molecule has 2 aromatic carbocycles. The molecule has 30 heavy (non-hydrogen) atoms. The first-order chi connectivity index (χ1) is 14.1. The van der Waals surface area contributed by atoms with Crippen molar-refractivity contribution in [2.24, 2.45) is 5.16 Å². The van der Waals surface area contributed by atoms with Crippen molar-refractivity contribution in [1.29, 1.82) is 0 Å². The largest absolute Gasteiger partial charge is 0.435 e. The van der Waals surface area contributed by atoms with Crippen molar-refractivity contribution in [2.75, 3.05) is 6.54 Å². The molecule has 0 aromatic heterocycles. The van der Waals surface area contributed by atoms with Gasteiger partial charge in [-0.05, 0) is 50.5 Å². The second-order valence-corrected chi connectivity index (χ2v) is 7.79. The molecule has 1 amide bonds. The average molecular weight is 418 g/mol. The molecule has 7 heteroatoms. The Morgan fingerprint density at radius 2 is 1.80 bits per heavy atom. The fourth-order valence-corrected chi connectivity index (χ4v) is 3.70. The van der Waals surface area contributed by atoms with E-state index in [4.69, 9.17) is 4.84 Å². The minimum absolute atomic E-state index is 0.0403. The number of halogens is 3. The van der Waals surface area contributed by atoms with Crippen LogP contribution in [0.5, 0.6) is 0 Å². The summed E-state index contributed by atoms with van der Waals surface area (Å²) in [5, 5.41) is 6.62. The van der Waals surface area contributed by atoms with E-state index in [9.17, 15) is 18.0 Å². The molecule has 3 rings (SSSR count). The van der Waals surface area contributed by atoms with Crippen LogP contribution >= 0.6 is 0 Å². The second kappa shape index (κ2) is 8.13. The molecular formula is C23H25F3N2O2. The van der Waals surface area contributed by atoms with Crippen LogP contribution in [-0.4, -0.2) is 24.3 Å². The van der Waals surface area contributed by atoms with Crippen LogP contribution in [0.4, 0.5) is 13.2 Å². The third-order valence-corrected chi connectivity index (χ3v) is 5.21. The maximum Gasteiger partial charge on any atom is 0.435 e. The van der Waals surface area contributed by atoms with Crippen LogP contribution in [0.3, 0.4) is 0 Å². The molecule has 1 N–H and O–H groups in total. The standard InChI is InChI=1S/C23H25F3N2O2/c1-5-8-27-21(29)19-7-6-17(12-16(19)4)20-13-22(30-28-20,23(24,25)26)18-10-14(2)9-15(3)11-18/h6-7,9-12H,5,8,13H2,1-4H3,(H,27,29). The Bertz CT molecular complexity index is 978. The minimum atomic E-state index is -4.65. The Morgan fingerprint density at radius 3 is 2.37 bits per heavy atom. The molecule has 1 atom stereocenters. The quantitative estimate of drug-likeness (QED) is 0.713. The van der Waals surface area contributed by atoms with Crippen LogP contribution in [0.1, 0.15) is 57.9 Å². The molecule has 4 nitrogen and oxygen atoms in total.